The number of methoxy groups -OCH3 is 1. The minimum Gasteiger partial charge on any atom is -0.465 e. The Hall–Kier alpha value is -2.14. The van der Waals surface area contributed by atoms with Gasteiger partial charge in [-0.05, 0) is 30.8 Å². The molecule has 21 heavy (non-hydrogen) atoms. The third-order valence-corrected chi connectivity index (χ3v) is 3.57. The van der Waals surface area contributed by atoms with Crippen molar-refractivity contribution < 1.29 is 14.3 Å². The molecule has 5 nitrogen and oxygen atoms in total. The number of carbonyl (C=O) groups excluding carboxylic acids is 2. The number of piperazine rings is 1. The molecule has 1 fully saturated rings. The van der Waals surface area contributed by atoms with Crippen molar-refractivity contribution in [2.24, 2.45) is 0 Å². The fraction of sp³-hybridized carbons (Fsp3) is 0.375. The summed E-state index contributed by atoms with van der Waals surface area (Å²) in [7, 11) is 3.41. The van der Waals surface area contributed by atoms with Gasteiger partial charge in [-0.3, -0.25) is 4.79 Å². The first-order valence-corrected chi connectivity index (χ1v) is 6.94. The van der Waals surface area contributed by atoms with Crippen LogP contribution in [0.2, 0.25) is 0 Å². The van der Waals surface area contributed by atoms with Gasteiger partial charge in [0.25, 0.3) is 0 Å². The van der Waals surface area contributed by atoms with Crippen LogP contribution in [-0.4, -0.2) is 62.0 Å². The second-order valence-electron chi connectivity index (χ2n) is 5.08. The monoisotopic (exact) mass is 288 g/mol. The summed E-state index contributed by atoms with van der Waals surface area (Å²) >= 11 is 0. The maximum Gasteiger partial charge on any atom is 0.337 e. The molecule has 0 aromatic heterocycles. The van der Waals surface area contributed by atoms with Crippen LogP contribution in [0.4, 0.5) is 0 Å². The second kappa shape index (κ2) is 7.04. The van der Waals surface area contributed by atoms with Gasteiger partial charge < -0.3 is 14.5 Å². The van der Waals surface area contributed by atoms with Crippen molar-refractivity contribution in [1.29, 1.82) is 0 Å². The zero-order valence-electron chi connectivity index (χ0n) is 12.4. The van der Waals surface area contributed by atoms with E-state index in [0.29, 0.717) is 5.56 Å². The van der Waals surface area contributed by atoms with E-state index >= 15 is 0 Å². The summed E-state index contributed by atoms with van der Waals surface area (Å²) in [5, 5.41) is 0. The molecule has 5 heteroatoms. The average molecular weight is 288 g/mol. The Balaban J connectivity index is 1.94. The summed E-state index contributed by atoms with van der Waals surface area (Å²) in [6.45, 7) is 3.35. The van der Waals surface area contributed by atoms with Gasteiger partial charge in [0.05, 0.1) is 12.7 Å². The number of hydrogen-bond donors (Lipinski definition) is 0. The molecule has 1 aliphatic heterocycles. The van der Waals surface area contributed by atoms with Crippen molar-refractivity contribution in [3.63, 3.8) is 0 Å². The van der Waals surface area contributed by atoms with E-state index in [2.05, 4.69) is 16.7 Å². The lowest BCUT2D eigenvalue weighted by molar-refractivity contribution is -0.127. The molecule has 0 bridgehead atoms. The Morgan fingerprint density at radius 2 is 1.71 bits per heavy atom. The van der Waals surface area contributed by atoms with Crippen molar-refractivity contribution in [2.75, 3.05) is 40.3 Å². The van der Waals surface area contributed by atoms with Crippen molar-refractivity contribution >= 4 is 18.0 Å². The van der Waals surface area contributed by atoms with Gasteiger partial charge in [-0.1, -0.05) is 12.1 Å². The van der Waals surface area contributed by atoms with Crippen LogP contribution in [-0.2, 0) is 9.53 Å². The lowest BCUT2D eigenvalue weighted by Crippen LogP contribution is -2.46. The van der Waals surface area contributed by atoms with E-state index in [1.54, 1.807) is 36.4 Å². The van der Waals surface area contributed by atoms with Gasteiger partial charge in [-0.25, -0.2) is 4.79 Å². The van der Waals surface area contributed by atoms with E-state index in [0.717, 1.165) is 31.7 Å². The standard InChI is InChI=1S/C16H20N2O3/c1-17-9-11-18(12-10-17)15(19)8-5-13-3-6-14(7-4-13)16(20)21-2/h3-8H,9-12H2,1-2H3. The molecule has 0 aliphatic carbocycles. The van der Waals surface area contributed by atoms with Crippen LogP contribution in [0.15, 0.2) is 30.3 Å². The summed E-state index contributed by atoms with van der Waals surface area (Å²) in [5.74, 6) is -0.334. The molecule has 0 atom stereocenters. The molecule has 1 heterocycles. The first-order chi connectivity index (χ1) is 10.1. The van der Waals surface area contributed by atoms with Crippen molar-refractivity contribution in [3.8, 4) is 0 Å². The zero-order valence-corrected chi connectivity index (χ0v) is 12.4. The SMILES string of the molecule is COC(=O)c1ccc(C=CC(=O)N2CCN(C)CC2)cc1. The smallest absolute Gasteiger partial charge is 0.337 e. The number of rotatable bonds is 3. The van der Waals surface area contributed by atoms with Crippen LogP contribution >= 0.6 is 0 Å². The van der Waals surface area contributed by atoms with Gasteiger partial charge in [-0.2, -0.15) is 0 Å². The van der Waals surface area contributed by atoms with E-state index in [4.69, 9.17) is 0 Å². The van der Waals surface area contributed by atoms with Crippen LogP contribution < -0.4 is 0 Å². The number of likely N-dealkylation sites (N-methyl/N-ethyl adjacent to an activating group) is 1. The van der Waals surface area contributed by atoms with E-state index < -0.39 is 0 Å². The zero-order chi connectivity index (χ0) is 15.2. The molecule has 112 valence electrons. The molecule has 2 rings (SSSR count). The van der Waals surface area contributed by atoms with E-state index in [9.17, 15) is 9.59 Å². The number of hydrogen-bond acceptors (Lipinski definition) is 4. The highest BCUT2D eigenvalue weighted by molar-refractivity contribution is 5.92. The Kier molecular flexibility index (Phi) is 5.11. The predicted molar refractivity (Wildman–Crippen MR) is 80.9 cm³/mol. The summed E-state index contributed by atoms with van der Waals surface area (Å²) in [5.41, 5.74) is 1.38. The largest absolute Gasteiger partial charge is 0.465 e. The first kappa shape index (κ1) is 15.3. The van der Waals surface area contributed by atoms with Crippen molar-refractivity contribution in [1.82, 2.24) is 9.80 Å². The fourth-order valence-corrected chi connectivity index (χ4v) is 2.15. The third kappa shape index (κ3) is 4.16. The minimum absolute atomic E-state index is 0.0279. The van der Waals surface area contributed by atoms with E-state index in [1.807, 2.05) is 4.90 Å². The number of ether oxygens (including phenoxy) is 1. The summed E-state index contributed by atoms with van der Waals surface area (Å²) in [4.78, 5) is 27.4. The average Bonchev–Trinajstić information content (AvgIpc) is 2.53. The van der Waals surface area contributed by atoms with Gasteiger partial charge in [-0.15, -0.1) is 0 Å². The number of carbonyl (C=O) groups is 2. The van der Waals surface area contributed by atoms with Gasteiger partial charge in [0.15, 0.2) is 0 Å². The molecule has 0 unspecified atom stereocenters. The first-order valence-electron chi connectivity index (χ1n) is 6.94. The molecule has 1 saturated heterocycles. The van der Waals surface area contributed by atoms with Crippen molar-refractivity contribution in [3.05, 3.63) is 41.5 Å². The highest BCUT2D eigenvalue weighted by atomic mass is 16.5. The Morgan fingerprint density at radius 3 is 2.29 bits per heavy atom. The lowest BCUT2D eigenvalue weighted by atomic mass is 10.1. The Labute approximate surface area is 124 Å². The topological polar surface area (TPSA) is 49.9 Å². The molecule has 1 aliphatic rings. The molecule has 1 aromatic carbocycles. The molecule has 0 radical (unpaired) electrons. The number of benzene rings is 1. The maximum absolute atomic E-state index is 12.0. The van der Waals surface area contributed by atoms with Gasteiger partial charge in [0.1, 0.15) is 0 Å². The van der Waals surface area contributed by atoms with Crippen LogP contribution in [0.5, 0.6) is 0 Å². The summed E-state index contributed by atoms with van der Waals surface area (Å²) in [6.07, 6.45) is 3.35. The van der Waals surface area contributed by atoms with Crippen LogP contribution in [0.3, 0.4) is 0 Å². The number of nitrogens with zero attached hydrogens (tertiary/aromatic N) is 2. The molecular weight excluding hydrogens is 268 g/mol. The van der Waals surface area contributed by atoms with Crippen LogP contribution in [0.25, 0.3) is 6.08 Å². The molecule has 0 spiro atoms. The molecule has 1 amide bonds. The lowest BCUT2D eigenvalue weighted by Gasteiger charge is -2.31. The van der Waals surface area contributed by atoms with Gasteiger partial charge in [0.2, 0.25) is 5.91 Å². The number of amides is 1. The minimum atomic E-state index is -0.362. The quantitative estimate of drug-likeness (QED) is 0.620. The van der Waals surface area contributed by atoms with Gasteiger partial charge >= 0.3 is 5.97 Å². The van der Waals surface area contributed by atoms with Gasteiger partial charge in [0, 0.05) is 32.3 Å². The summed E-state index contributed by atoms with van der Waals surface area (Å²) < 4.78 is 4.64. The maximum atomic E-state index is 12.0. The molecule has 1 aromatic rings. The highest BCUT2D eigenvalue weighted by Gasteiger charge is 2.16. The van der Waals surface area contributed by atoms with Crippen LogP contribution in [0.1, 0.15) is 15.9 Å². The molecule has 0 saturated carbocycles. The second-order valence-corrected chi connectivity index (χ2v) is 5.08. The highest BCUT2D eigenvalue weighted by Crippen LogP contribution is 2.08. The third-order valence-electron chi connectivity index (χ3n) is 3.57. The Morgan fingerprint density at radius 1 is 1.10 bits per heavy atom. The summed E-state index contributed by atoms with van der Waals surface area (Å²) in [6, 6.07) is 6.96. The predicted octanol–water partition coefficient (Wildman–Crippen LogP) is 1.26. The van der Waals surface area contributed by atoms with E-state index in [-0.39, 0.29) is 11.9 Å². The Bertz CT molecular complexity index is 529. The van der Waals surface area contributed by atoms with Crippen molar-refractivity contribution in [2.45, 2.75) is 0 Å². The van der Waals surface area contributed by atoms with Crippen LogP contribution in [0, 0.1) is 0 Å². The fourth-order valence-electron chi connectivity index (χ4n) is 2.15. The van der Waals surface area contributed by atoms with E-state index in [1.165, 1.54) is 7.11 Å². The molecular formula is C16H20N2O3. The number of esters is 1. The molecule has 0 N–H and O–H groups in total. The normalized spacial score (nSPS) is 16.2.